The summed E-state index contributed by atoms with van der Waals surface area (Å²) in [7, 11) is 1.57. The van der Waals surface area contributed by atoms with Crippen molar-refractivity contribution >= 4 is 11.6 Å². The Balaban J connectivity index is 1.67. The number of hydrogen-bond acceptors (Lipinski definition) is 5. The molecule has 0 N–H and O–H groups in total. The SMILES string of the molecule is Cc1cccc(CN2CCN(C(=O)c3c([N+](=O)[O-])c(C)nn3C)CC2)c1. The van der Waals surface area contributed by atoms with E-state index in [0.717, 1.165) is 19.6 Å². The van der Waals surface area contributed by atoms with Crippen molar-refractivity contribution in [2.24, 2.45) is 7.05 Å². The van der Waals surface area contributed by atoms with Gasteiger partial charge in [0.1, 0.15) is 5.69 Å². The van der Waals surface area contributed by atoms with Gasteiger partial charge < -0.3 is 4.90 Å². The molecule has 2 aromatic rings. The molecule has 1 amide bonds. The van der Waals surface area contributed by atoms with Crippen LogP contribution >= 0.6 is 0 Å². The van der Waals surface area contributed by atoms with Crippen LogP contribution in [-0.4, -0.2) is 56.6 Å². The van der Waals surface area contributed by atoms with Gasteiger partial charge in [0, 0.05) is 39.8 Å². The lowest BCUT2D eigenvalue weighted by Crippen LogP contribution is -2.48. The van der Waals surface area contributed by atoms with Crippen LogP contribution in [0.4, 0.5) is 5.69 Å². The zero-order valence-corrected chi connectivity index (χ0v) is 15.3. The van der Waals surface area contributed by atoms with E-state index in [9.17, 15) is 14.9 Å². The fraction of sp³-hybridized carbons (Fsp3) is 0.444. The van der Waals surface area contributed by atoms with Gasteiger partial charge in [0.25, 0.3) is 5.91 Å². The number of amides is 1. The van der Waals surface area contributed by atoms with Gasteiger partial charge in [-0.25, -0.2) is 0 Å². The van der Waals surface area contributed by atoms with Crippen LogP contribution in [0.1, 0.15) is 27.3 Å². The molecule has 8 nitrogen and oxygen atoms in total. The Morgan fingerprint density at radius 1 is 1.23 bits per heavy atom. The van der Waals surface area contributed by atoms with Crippen LogP contribution in [0.15, 0.2) is 24.3 Å². The van der Waals surface area contributed by atoms with Crippen LogP contribution in [0.3, 0.4) is 0 Å². The first-order chi connectivity index (χ1) is 12.4. The average Bonchev–Trinajstić information content (AvgIpc) is 2.89. The highest BCUT2D eigenvalue weighted by Gasteiger charge is 2.33. The molecule has 0 atom stereocenters. The number of piperazine rings is 1. The molecule has 138 valence electrons. The molecule has 0 saturated carbocycles. The van der Waals surface area contributed by atoms with Crippen LogP contribution < -0.4 is 0 Å². The van der Waals surface area contributed by atoms with Crippen molar-refractivity contribution in [2.45, 2.75) is 20.4 Å². The minimum absolute atomic E-state index is 0.0552. The molecule has 26 heavy (non-hydrogen) atoms. The van der Waals surface area contributed by atoms with Crippen LogP contribution in [0.2, 0.25) is 0 Å². The quantitative estimate of drug-likeness (QED) is 0.616. The molecule has 1 aromatic heterocycles. The molecule has 2 heterocycles. The topological polar surface area (TPSA) is 84.5 Å². The Hall–Kier alpha value is -2.74. The summed E-state index contributed by atoms with van der Waals surface area (Å²) in [5.74, 6) is -0.324. The summed E-state index contributed by atoms with van der Waals surface area (Å²) in [6.07, 6.45) is 0. The molecule has 0 aliphatic carbocycles. The smallest absolute Gasteiger partial charge is 0.322 e. The second-order valence-corrected chi connectivity index (χ2v) is 6.72. The van der Waals surface area contributed by atoms with E-state index >= 15 is 0 Å². The van der Waals surface area contributed by atoms with E-state index in [2.05, 4.69) is 35.1 Å². The Morgan fingerprint density at radius 3 is 2.54 bits per heavy atom. The summed E-state index contributed by atoms with van der Waals surface area (Å²) in [4.78, 5) is 27.6. The van der Waals surface area contributed by atoms with Crippen LogP contribution in [0, 0.1) is 24.0 Å². The maximum Gasteiger partial charge on any atom is 0.322 e. The Morgan fingerprint density at radius 2 is 1.92 bits per heavy atom. The molecule has 1 aliphatic rings. The summed E-state index contributed by atoms with van der Waals surface area (Å²) >= 11 is 0. The fourth-order valence-electron chi connectivity index (χ4n) is 3.43. The predicted octanol–water partition coefficient (Wildman–Crippen LogP) is 1.90. The number of carbonyl (C=O) groups excluding carboxylic acids is 1. The van der Waals surface area contributed by atoms with Crippen molar-refractivity contribution in [3.8, 4) is 0 Å². The Labute approximate surface area is 152 Å². The van der Waals surface area contributed by atoms with Gasteiger partial charge in [-0.15, -0.1) is 0 Å². The zero-order chi connectivity index (χ0) is 18.8. The number of aryl methyl sites for hydroxylation is 3. The molecular formula is C18H23N5O3. The van der Waals surface area contributed by atoms with Crippen molar-refractivity contribution < 1.29 is 9.72 Å². The second kappa shape index (κ2) is 7.25. The summed E-state index contributed by atoms with van der Waals surface area (Å²) in [5, 5.41) is 15.3. The fourth-order valence-corrected chi connectivity index (χ4v) is 3.43. The second-order valence-electron chi connectivity index (χ2n) is 6.72. The minimum atomic E-state index is -0.524. The highest BCUT2D eigenvalue weighted by atomic mass is 16.6. The summed E-state index contributed by atoms with van der Waals surface area (Å²) in [6.45, 7) is 7.04. The summed E-state index contributed by atoms with van der Waals surface area (Å²) in [6, 6.07) is 8.39. The molecule has 0 radical (unpaired) electrons. The van der Waals surface area contributed by atoms with Gasteiger partial charge in [-0.1, -0.05) is 29.8 Å². The highest BCUT2D eigenvalue weighted by Crippen LogP contribution is 2.24. The molecule has 0 spiro atoms. The zero-order valence-electron chi connectivity index (χ0n) is 15.3. The van der Waals surface area contributed by atoms with Crippen molar-refractivity contribution in [1.82, 2.24) is 19.6 Å². The van der Waals surface area contributed by atoms with Crippen molar-refractivity contribution in [3.05, 3.63) is 56.9 Å². The number of aromatic nitrogens is 2. The molecule has 1 aliphatic heterocycles. The van der Waals surface area contributed by atoms with Gasteiger partial charge in [-0.2, -0.15) is 5.10 Å². The monoisotopic (exact) mass is 357 g/mol. The van der Waals surface area contributed by atoms with E-state index in [1.807, 2.05) is 6.07 Å². The minimum Gasteiger partial charge on any atom is -0.335 e. The van der Waals surface area contributed by atoms with E-state index < -0.39 is 4.92 Å². The lowest BCUT2D eigenvalue weighted by Gasteiger charge is -2.34. The maximum atomic E-state index is 12.8. The van der Waals surface area contributed by atoms with E-state index in [1.54, 1.807) is 18.9 Å². The summed E-state index contributed by atoms with van der Waals surface area (Å²) in [5.41, 5.74) is 2.61. The van der Waals surface area contributed by atoms with Crippen LogP contribution in [-0.2, 0) is 13.6 Å². The first-order valence-corrected chi connectivity index (χ1v) is 8.62. The molecular weight excluding hydrogens is 334 g/mol. The van der Waals surface area contributed by atoms with Gasteiger partial charge in [-0.05, 0) is 19.4 Å². The Bertz CT molecular complexity index is 837. The highest BCUT2D eigenvalue weighted by molar-refractivity contribution is 5.97. The van der Waals surface area contributed by atoms with Gasteiger partial charge in [0.2, 0.25) is 5.69 Å². The maximum absolute atomic E-state index is 12.8. The third-order valence-electron chi connectivity index (χ3n) is 4.72. The number of nitrogens with zero attached hydrogens (tertiary/aromatic N) is 5. The first-order valence-electron chi connectivity index (χ1n) is 8.62. The van der Waals surface area contributed by atoms with Gasteiger partial charge in [0.15, 0.2) is 0 Å². The average molecular weight is 357 g/mol. The molecule has 0 unspecified atom stereocenters. The van der Waals surface area contributed by atoms with Crippen molar-refractivity contribution in [1.29, 1.82) is 0 Å². The van der Waals surface area contributed by atoms with Gasteiger partial charge in [0.05, 0.1) is 4.92 Å². The van der Waals surface area contributed by atoms with Crippen molar-refractivity contribution in [2.75, 3.05) is 26.2 Å². The van der Waals surface area contributed by atoms with Gasteiger partial charge >= 0.3 is 5.69 Å². The molecule has 1 saturated heterocycles. The normalized spacial score (nSPS) is 15.3. The first kappa shape index (κ1) is 18.1. The molecule has 1 fully saturated rings. The Kier molecular flexibility index (Phi) is 5.03. The van der Waals surface area contributed by atoms with Crippen LogP contribution in [0.25, 0.3) is 0 Å². The van der Waals surface area contributed by atoms with E-state index in [4.69, 9.17) is 0 Å². The molecule has 1 aromatic carbocycles. The third kappa shape index (κ3) is 3.60. The number of nitro groups is 1. The lowest BCUT2D eigenvalue weighted by molar-refractivity contribution is -0.385. The molecule has 3 rings (SSSR count). The predicted molar refractivity (Wildman–Crippen MR) is 97.0 cm³/mol. The largest absolute Gasteiger partial charge is 0.335 e. The lowest BCUT2D eigenvalue weighted by atomic mass is 10.1. The van der Waals surface area contributed by atoms with E-state index in [-0.39, 0.29) is 23.0 Å². The summed E-state index contributed by atoms with van der Waals surface area (Å²) < 4.78 is 1.31. The number of benzene rings is 1. The molecule has 0 bridgehead atoms. The molecule has 8 heteroatoms. The number of hydrogen-bond donors (Lipinski definition) is 0. The van der Waals surface area contributed by atoms with Crippen LogP contribution in [0.5, 0.6) is 0 Å². The third-order valence-corrected chi connectivity index (χ3v) is 4.72. The van der Waals surface area contributed by atoms with E-state index in [0.29, 0.717) is 13.1 Å². The van der Waals surface area contributed by atoms with E-state index in [1.165, 1.54) is 15.8 Å². The standard InChI is InChI=1S/C18H23N5O3/c1-13-5-4-6-15(11-13)12-21-7-9-22(10-8-21)18(24)17-16(23(25)26)14(2)19-20(17)3/h4-6,11H,7-10,12H2,1-3H3. The van der Waals surface area contributed by atoms with Gasteiger partial charge in [-0.3, -0.25) is 24.5 Å². The number of rotatable bonds is 4. The van der Waals surface area contributed by atoms with Crippen molar-refractivity contribution in [3.63, 3.8) is 0 Å². The number of carbonyl (C=O) groups is 1.